The molecule has 0 fully saturated rings. The van der Waals surface area contributed by atoms with E-state index in [0.717, 1.165) is 11.4 Å². The Kier molecular flexibility index (Phi) is 3.58. The van der Waals surface area contributed by atoms with Gasteiger partial charge in [-0.05, 0) is 6.92 Å². The van der Waals surface area contributed by atoms with E-state index in [0.29, 0.717) is 26.1 Å². The number of hydrogen-bond donors (Lipinski definition) is 2. The second kappa shape index (κ2) is 5.14. The third-order valence-corrected chi connectivity index (χ3v) is 3.07. The molecule has 17 heavy (non-hydrogen) atoms. The van der Waals surface area contributed by atoms with Crippen LogP contribution in [0.15, 0.2) is 19.0 Å². The van der Waals surface area contributed by atoms with Crippen LogP contribution in [-0.4, -0.2) is 39.9 Å². The van der Waals surface area contributed by atoms with Crippen LogP contribution in [0.2, 0.25) is 0 Å². The van der Waals surface area contributed by atoms with Crippen LogP contribution in [-0.2, 0) is 17.8 Å². The number of imidazole rings is 1. The molecule has 0 spiro atoms. The van der Waals surface area contributed by atoms with Gasteiger partial charge in [-0.3, -0.25) is 10.1 Å². The van der Waals surface area contributed by atoms with Crippen LogP contribution in [0.4, 0.5) is 0 Å². The van der Waals surface area contributed by atoms with Crippen LogP contribution < -0.4 is 5.32 Å². The smallest absolute Gasteiger partial charge is 0.240 e. The number of amides is 1. The molecule has 1 amide bonds. The Morgan fingerprint density at radius 3 is 3.29 bits per heavy atom. The van der Waals surface area contributed by atoms with Crippen molar-refractivity contribution in [3.05, 3.63) is 30.4 Å². The predicted octanol–water partition coefficient (Wildman–Crippen LogP) is 0.459. The Morgan fingerprint density at radius 1 is 1.76 bits per heavy atom. The van der Waals surface area contributed by atoms with Crippen LogP contribution in [0.1, 0.15) is 18.3 Å². The number of carbonyl (C=O) groups is 1. The zero-order valence-electron chi connectivity index (χ0n) is 10.1. The first-order valence-corrected chi connectivity index (χ1v) is 5.90. The van der Waals surface area contributed by atoms with E-state index in [1.165, 1.54) is 0 Å². The maximum Gasteiger partial charge on any atom is 0.240 e. The minimum absolute atomic E-state index is 0.126. The van der Waals surface area contributed by atoms with Gasteiger partial charge in [0.15, 0.2) is 0 Å². The first-order valence-electron chi connectivity index (χ1n) is 5.90. The summed E-state index contributed by atoms with van der Waals surface area (Å²) in [6.45, 7) is 7.63. The normalized spacial score (nSPS) is 18.5. The monoisotopic (exact) mass is 234 g/mol. The van der Waals surface area contributed by atoms with Crippen molar-refractivity contribution in [1.82, 2.24) is 20.2 Å². The van der Waals surface area contributed by atoms with E-state index < -0.39 is 0 Å². The molecular formula is C12H18N4O. The molecule has 0 aliphatic carbocycles. The molecule has 5 nitrogen and oxygen atoms in total. The van der Waals surface area contributed by atoms with Gasteiger partial charge in [0.05, 0.1) is 23.8 Å². The van der Waals surface area contributed by atoms with Crippen molar-refractivity contribution in [2.75, 3.05) is 13.1 Å². The van der Waals surface area contributed by atoms with Gasteiger partial charge in [-0.15, -0.1) is 6.58 Å². The molecule has 1 aromatic heterocycles. The van der Waals surface area contributed by atoms with E-state index in [4.69, 9.17) is 0 Å². The number of fused-ring (bicyclic) bond motifs is 1. The van der Waals surface area contributed by atoms with Crippen molar-refractivity contribution in [3.63, 3.8) is 0 Å². The lowest BCUT2D eigenvalue weighted by molar-refractivity contribution is -0.132. The molecule has 5 heteroatoms. The molecule has 0 bridgehead atoms. The Morgan fingerprint density at radius 2 is 2.59 bits per heavy atom. The van der Waals surface area contributed by atoms with Crippen molar-refractivity contribution in [2.24, 2.45) is 0 Å². The molecule has 1 aliphatic rings. The highest BCUT2D eigenvalue weighted by molar-refractivity contribution is 5.82. The molecule has 0 radical (unpaired) electrons. The first-order chi connectivity index (χ1) is 8.26. The summed E-state index contributed by atoms with van der Waals surface area (Å²) in [5, 5.41) is 3.24. The van der Waals surface area contributed by atoms with E-state index in [-0.39, 0.29) is 11.9 Å². The summed E-state index contributed by atoms with van der Waals surface area (Å²) < 4.78 is 0. The van der Waals surface area contributed by atoms with Gasteiger partial charge in [0.25, 0.3) is 0 Å². The number of aromatic amines is 1. The summed E-state index contributed by atoms with van der Waals surface area (Å²) in [5.41, 5.74) is 2.08. The average molecular weight is 234 g/mol. The lowest BCUT2D eigenvalue weighted by Crippen LogP contribution is -2.49. The van der Waals surface area contributed by atoms with Gasteiger partial charge in [-0.1, -0.05) is 6.08 Å². The van der Waals surface area contributed by atoms with Crippen LogP contribution in [0.25, 0.3) is 0 Å². The second-order valence-electron chi connectivity index (χ2n) is 4.13. The predicted molar refractivity (Wildman–Crippen MR) is 65.4 cm³/mol. The van der Waals surface area contributed by atoms with Gasteiger partial charge in [0.2, 0.25) is 5.91 Å². The minimum Gasteiger partial charge on any atom is -0.347 e. The molecule has 1 aromatic rings. The number of H-pyrrole nitrogens is 1. The zero-order chi connectivity index (χ0) is 12.3. The summed E-state index contributed by atoms with van der Waals surface area (Å²) in [6, 6.07) is -0.161. The Hall–Kier alpha value is -1.62. The first kappa shape index (κ1) is 11.9. The number of hydrogen-bond acceptors (Lipinski definition) is 3. The quantitative estimate of drug-likeness (QED) is 0.744. The van der Waals surface area contributed by atoms with Crippen molar-refractivity contribution in [1.29, 1.82) is 0 Å². The third-order valence-electron chi connectivity index (χ3n) is 3.07. The van der Waals surface area contributed by atoms with Gasteiger partial charge in [-0.2, -0.15) is 0 Å². The number of nitrogens with zero attached hydrogens (tertiary/aromatic N) is 2. The van der Waals surface area contributed by atoms with Crippen LogP contribution in [0, 0.1) is 0 Å². The van der Waals surface area contributed by atoms with Gasteiger partial charge < -0.3 is 9.88 Å². The maximum absolute atomic E-state index is 12.2. The van der Waals surface area contributed by atoms with Crippen LogP contribution in [0.3, 0.4) is 0 Å². The molecule has 92 valence electrons. The van der Waals surface area contributed by atoms with Gasteiger partial charge >= 0.3 is 0 Å². The highest BCUT2D eigenvalue weighted by Gasteiger charge is 2.28. The van der Waals surface area contributed by atoms with Crippen molar-refractivity contribution in [2.45, 2.75) is 25.9 Å². The number of aromatic nitrogens is 2. The molecule has 1 atom stereocenters. The Labute approximate surface area is 101 Å². The molecule has 0 aromatic carbocycles. The van der Waals surface area contributed by atoms with Crippen molar-refractivity contribution < 1.29 is 4.79 Å². The van der Waals surface area contributed by atoms with E-state index >= 15 is 0 Å². The average Bonchev–Trinajstić information content (AvgIpc) is 2.82. The number of carbonyl (C=O) groups excluding carboxylic acids is 1. The molecule has 2 rings (SSSR count). The molecule has 0 saturated carbocycles. The Balaban J connectivity index is 2.04. The molecule has 0 saturated heterocycles. The molecular weight excluding hydrogens is 216 g/mol. The van der Waals surface area contributed by atoms with Gasteiger partial charge in [0.1, 0.15) is 0 Å². The molecule has 2 heterocycles. The lowest BCUT2D eigenvalue weighted by atomic mass is 10.0. The second-order valence-corrected chi connectivity index (χ2v) is 4.13. The number of nitrogens with one attached hydrogen (secondary N) is 2. The van der Waals surface area contributed by atoms with Gasteiger partial charge in [0, 0.05) is 26.1 Å². The number of likely N-dealkylation sites (N-methyl/N-ethyl adjacent to an activating group) is 1. The fraction of sp³-hybridized carbons (Fsp3) is 0.500. The van der Waals surface area contributed by atoms with E-state index in [9.17, 15) is 4.79 Å². The largest absolute Gasteiger partial charge is 0.347 e. The molecule has 1 unspecified atom stereocenters. The van der Waals surface area contributed by atoms with Crippen LogP contribution >= 0.6 is 0 Å². The van der Waals surface area contributed by atoms with Crippen molar-refractivity contribution in [3.8, 4) is 0 Å². The maximum atomic E-state index is 12.2. The number of rotatable bonds is 4. The standard InChI is InChI=1S/C12H18N4O/c1-3-5-16(4-2)12(17)10-6-9-11(7-13-10)15-8-14-9/h3,8,10,13H,1,4-7H2,2H3,(H,14,15). The topological polar surface area (TPSA) is 61.0 Å². The van der Waals surface area contributed by atoms with Gasteiger partial charge in [-0.25, -0.2) is 4.98 Å². The van der Waals surface area contributed by atoms with E-state index in [2.05, 4.69) is 21.9 Å². The fourth-order valence-electron chi connectivity index (χ4n) is 2.09. The summed E-state index contributed by atoms with van der Waals surface area (Å²) in [7, 11) is 0. The van der Waals surface area contributed by atoms with Crippen LogP contribution in [0.5, 0.6) is 0 Å². The SMILES string of the molecule is C=CCN(CC)C(=O)C1Cc2nc[nH]c2CN1. The molecule has 1 aliphatic heterocycles. The summed E-state index contributed by atoms with van der Waals surface area (Å²) in [6.07, 6.45) is 4.09. The third kappa shape index (κ3) is 2.39. The highest BCUT2D eigenvalue weighted by atomic mass is 16.2. The Bertz CT molecular complexity index is 412. The van der Waals surface area contributed by atoms with E-state index in [1.807, 2.05) is 6.92 Å². The minimum atomic E-state index is -0.161. The summed E-state index contributed by atoms with van der Waals surface area (Å²) in [5.74, 6) is 0.126. The summed E-state index contributed by atoms with van der Waals surface area (Å²) in [4.78, 5) is 21.3. The van der Waals surface area contributed by atoms with E-state index in [1.54, 1.807) is 17.3 Å². The zero-order valence-corrected chi connectivity index (χ0v) is 10.1. The van der Waals surface area contributed by atoms with Crippen molar-refractivity contribution >= 4 is 5.91 Å². The highest BCUT2D eigenvalue weighted by Crippen LogP contribution is 2.13. The fourth-order valence-corrected chi connectivity index (χ4v) is 2.09. The summed E-state index contributed by atoms with van der Waals surface area (Å²) >= 11 is 0. The lowest BCUT2D eigenvalue weighted by Gasteiger charge is -2.28. The molecule has 2 N–H and O–H groups in total.